The van der Waals surface area contributed by atoms with Gasteiger partial charge in [-0.1, -0.05) is 11.2 Å². The first-order chi connectivity index (χ1) is 9.60. The molecule has 108 valence electrons. The van der Waals surface area contributed by atoms with Gasteiger partial charge >= 0.3 is 0 Å². The summed E-state index contributed by atoms with van der Waals surface area (Å²) >= 11 is 1.63. The van der Waals surface area contributed by atoms with Crippen molar-refractivity contribution < 1.29 is 9.63 Å². The van der Waals surface area contributed by atoms with Crippen LogP contribution in [0.2, 0.25) is 0 Å². The molecule has 5 heteroatoms. The number of piperidine rings is 1. The Morgan fingerprint density at radius 2 is 2.40 bits per heavy atom. The summed E-state index contributed by atoms with van der Waals surface area (Å²) in [5.74, 6) is 0.0833. The number of likely N-dealkylation sites (tertiary alicyclic amines) is 1. The number of carbonyl (C=O) groups excluding carboxylic acids is 1. The molecule has 3 rings (SSSR count). The normalized spacial score (nSPS) is 30.0. The Kier molecular flexibility index (Phi) is 3.54. The zero-order valence-electron chi connectivity index (χ0n) is 12.0. The Morgan fingerprint density at radius 3 is 3.10 bits per heavy atom. The van der Waals surface area contributed by atoms with Crippen molar-refractivity contribution in [3.05, 3.63) is 22.4 Å². The van der Waals surface area contributed by atoms with Gasteiger partial charge < -0.3 is 9.74 Å². The number of carbonyl (C=O) groups is 1. The van der Waals surface area contributed by atoms with Crippen LogP contribution in [0.15, 0.2) is 22.7 Å². The Balaban J connectivity index is 1.73. The minimum absolute atomic E-state index is 0.0833. The number of amides is 1. The topological polar surface area (TPSA) is 41.9 Å². The Bertz CT molecular complexity index is 526. The van der Waals surface area contributed by atoms with Crippen molar-refractivity contribution in [2.45, 2.75) is 51.2 Å². The van der Waals surface area contributed by atoms with Crippen molar-refractivity contribution in [3.63, 3.8) is 0 Å². The summed E-state index contributed by atoms with van der Waals surface area (Å²) in [5.41, 5.74) is 0.0609. The lowest BCUT2D eigenvalue weighted by atomic mass is 9.94. The standard InChI is InChI=1S/C15H20N2O2S/c1-11-6-3-4-8-17(11)14(18)15(2)10-12(16-19-15)13-7-5-9-20-13/h5,7,9,11H,3-4,6,8,10H2,1-2H3. The van der Waals surface area contributed by atoms with E-state index in [9.17, 15) is 4.79 Å². The number of thiophene rings is 1. The Hall–Kier alpha value is -1.36. The maximum absolute atomic E-state index is 12.8. The minimum Gasteiger partial charge on any atom is -0.379 e. The largest absolute Gasteiger partial charge is 0.379 e. The lowest BCUT2D eigenvalue weighted by Crippen LogP contribution is -2.52. The van der Waals surface area contributed by atoms with Gasteiger partial charge in [-0.3, -0.25) is 4.79 Å². The molecular formula is C15H20N2O2S. The molecule has 1 saturated heterocycles. The van der Waals surface area contributed by atoms with Gasteiger partial charge in [-0.2, -0.15) is 0 Å². The van der Waals surface area contributed by atoms with E-state index in [2.05, 4.69) is 12.1 Å². The summed E-state index contributed by atoms with van der Waals surface area (Å²) in [5, 5.41) is 6.17. The molecule has 0 spiro atoms. The van der Waals surface area contributed by atoms with Gasteiger partial charge in [0.2, 0.25) is 5.60 Å². The van der Waals surface area contributed by atoms with Crippen LogP contribution < -0.4 is 0 Å². The molecule has 1 fully saturated rings. The second-order valence-corrected chi connectivity index (χ2v) is 6.81. The van der Waals surface area contributed by atoms with E-state index < -0.39 is 5.60 Å². The molecule has 1 aromatic heterocycles. The first-order valence-corrected chi connectivity index (χ1v) is 8.08. The van der Waals surface area contributed by atoms with Crippen molar-refractivity contribution in [2.24, 2.45) is 5.16 Å². The number of nitrogens with zero attached hydrogens (tertiary/aromatic N) is 2. The average molecular weight is 292 g/mol. The van der Waals surface area contributed by atoms with Crippen molar-refractivity contribution in [1.82, 2.24) is 4.90 Å². The van der Waals surface area contributed by atoms with Gasteiger partial charge in [0, 0.05) is 19.0 Å². The van der Waals surface area contributed by atoms with Crippen LogP contribution in [0.25, 0.3) is 0 Å². The number of hydrogen-bond acceptors (Lipinski definition) is 4. The van der Waals surface area contributed by atoms with Crippen LogP contribution >= 0.6 is 11.3 Å². The lowest BCUT2D eigenvalue weighted by Gasteiger charge is -2.37. The molecule has 4 nitrogen and oxygen atoms in total. The van der Waals surface area contributed by atoms with E-state index in [0.29, 0.717) is 12.5 Å². The van der Waals surface area contributed by atoms with Gasteiger partial charge in [0.25, 0.3) is 5.91 Å². The maximum Gasteiger partial charge on any atom is 0.269 e. The number of hydrogen-bond donors (Lipinski definition) is 0. The highest BCUT2D eigenvalue weighted by Crippen LogP contribution is 2.32. The highest BCUT2D eigenvalue weighted by molar-refractivity contribution is 7.12. The van der Waals surface area contributed by atoms with Crippen LogP contribution in [0.3, 0.4) is 0 Å². The molecule has 0 aromatic carbocycles. The average Bonchev–Trinajstić information content (AvgIpc) is 3.08. The molecule has 1 aromatic rings. The van der Waals surface area contributed by atoms with Crippen molar-refractivity contribution in [2.75, 3.05) is 6.54 Å². The summed E-state index contributed by atoms with van der Waals surface area (Å²) in [6.07, 6.45) is 3.94. The zero-order chi connectivity index (χ0) is 14.2. The second-order valence-electron chi connectivity index (χ2n) is 5.86. The van der Waals surface area contributed by atoms with Gasteiger partial charge in [0.05, 0.1) is 4.88 Å². The first-order valence-electron chi connectivity index (χ1n) is 7.20. The molecule has 2 atom stereocenters. The fourth-order valence-electron chi connectivity index (χ4n) is 2.93. The maximum atomic E-state index is 12.8. The zero-order valence-corrected chi connectivity index (χ0v) is 12.8. The van der Waals surface area contributed by atoms with Gasteiger partial charge in [-0.25, -0.2) is 0 Å². The van der Waals surface area contributed by atoms with E-state index in [4.69, 9.17) is 4.84 Å². The van der Waals surface area contributed by atoms with Gasteiger partial charge in [-0.05, 0) is 44.6 Å². The summed E-state index contributed by atoms with van der Waals surface area (Å²) in [6.45, 7) is 4.82. The van der Waals surface area contributed by atoms with E-state index in [1.807, 2.05) is 29.3 Å². The Labute approximate surface area is 123 Å². The molecule has 0 radical (unpaired) electrons. The predicted octanol–water partition coefficient (Wildman–Crippen LogP) is 3.03. The molecule has 1 amide bonds. The van der Waals surface area contributed by atoms with Crippen molar-refractivity contribution in [3.8, 4) is 0 Å². The number of oxime groups is 1. The van der Waals surface area contributed by atoms with Crippen LogP contribution in [0.1, 0.15) is 44.4 Å². The Morgan fingerprint density at radius 1 is 1.55 bits per heavy atom. The highest BCUT2D eigenvalue weighted by atomic mass is 32.1. The summed E-state index contributed by atoms with van der Waals surface area (Å²) in [4.78, 5) is 21.4. The van der Waals surface area contributed by atoms with Crippen LogP contribution in [-0.2, 0) is 9.63 Å². The van der Waals surface area contributed by atoms with Crippen LogP contribution in [0.4, 0.5) is 0 Å². The van der Waals surface area contributed by atoms with Crippen LogP contribution in [-0.4, -0.2) is 34.7 Å². The van der Waals surface area contributed by atoms with E-state index in [1.165, 1.54) is 6.42 Å². The first kappa shape index (κ1) is 13.6. The molecule has 0 aliphatic carbocycles. The molecule has 0 bridgehead atoms. The third kappa shape index (κ3) is 2.35. The fraction of sp³-hybridized carbons (Fsp3) is 0.600. The van der Waals surface area contributed by atoms with E-state index >= 15 is 0 Å². The summed E-state index contributed by atoms with van der Waals surface area (Å²) in [6, 6.07) is 4.32. The monoisotopic (exact) mass is 292 g/mol. The minimum atomic E-state index is -0.828. The summed E-state index contributed by atoms with van der Waals surface area (Å²) < 4.78 is 0. The third-order valence-electron chi connectivity index (χ3n) is 4.18. The van der Waals surface area contributed by atoms with Gasteiger partial charge in [0.1, 0.15) is 5.71 Å². The highest BCUT2D eigenvalue weighted by Gasteiger charge is 2.46. The lowest BCUT2D eigenvalue weighted by molar-refractivity contribution is -0.156. The number of rotatable bonds is 2. The second kappa shape index (κ2) is 5.20. The van der Waals surface area contributed by atoms with Crippen molar-refractivity contribution >= 4 is 23.0 Å². The summed E-state index contributed by atoms with van der Waals surface area (Å²) in [7, 11) is 0. The molecule has 2 unspecified atom stereocenters. The van der Waals surface area contributed by atoms with Gasteiger partial charge in [0.15, 0.2) is 0 Å². The molecule has 3 heterocycles. The third-order valence-corrected chi connectivity index (χ3v) is 5.10. The van der Waals surface area contributed by atoms with Crippen molar-refractivity contribution in [1.29, 1.82) is 0 Å². The fourth-order valence-corrected chi connectivity index (χ4v) is 3.64. The van der Waals surface area contributed by atoms with Crippen LogP contribution in [0, 0.1) is 0 Å². The molecule has 2 aliphatic heterocycles. The molecule has 20 heavy (non-hydrogen) atoms. The molecular weight excluding hydrogens is 272 g/mol. The predicted molar refractivity (Wildman–Crippen MR) is 80.0 cm³/mol. The molecule has 2 aliphatic rings. The van der Waals surface area contributed by atoms with E-state index in [0.717, 1.165) is 30.0 Å². The van der Waals surface area contributed by atoms with Gasteiger partial charge in [-0.15, -0.1) is 11.3 Å². The van der Waals surface area contributed by atoms with Crippen LogP contribution in [0.5, 0.6) is 0 Å². The SMILES string of the molecule is CC1CCCCN1C(=O)C1(C)CC(c2cccs2)=NO1. The smallest absolute Gasteiger partial charge is 0.269 e. The van der Waals surface area contributed by atoms with E-state index in [-0.39, 0.29) is 5.91 Å². The quantitative estimate of drug-likeness (QED) is 0.841. The molecule has 0 N–H and O–H groups in total. The molecule has 0 saturated carbocycles. The van der Waals surface area contributed by atoms with E-state index in [1.54, 1.807) is 11.3 Å².